The molecule has 2 heterocycles. The van der Waals surface area contributed by atoms with Crippen LogP contribution >= 0.6 is 0 Å². The Morgan fingerprint density at radius 1 is 1.33 bits per heavy atom. The summed E-state index contributed by atoms with van der Waals surface area (Å²) in [5.74, 6) is 1.82. The van der Waals surface area contributed by atoms with E-state index >= 15 is 0 Å². The zero-order chi connectivity index (χ0) is 16.8. The van der Waals surface area contributed by atoms with Crippen molar-refractivity contribution in [1.82, 2.24) is 15.3 Å². The Kier molecular flexibility index (Phi) is 5.24. The third-order valence-electron chi connectivity index (χ3n) is 4.35. The van der Waals surface area contributed by atoms with Crippen LogP contribution in [-0.2, 0) is 6.54 Å². The number of aromatic nitrogens is 2. The van der Waals surface area contributed by atoms with E-state index in [0.717, 1.165) is 43.3 Å². The average molecular weight is 322 g/mol. The number of nitrogens with one attached hydrogen (secondary N) is 2. The Bertz CT molecular complexity index is 723. The van der Waals surface area contributed by atoms with Crippen LogP contribution in [0.1, 0.15) is 24.0 Å². The van der Waals surface area contributed by atoms with Crippen LogP contribution in [0.2, 0.25) is 0 Å². The van der Waals surface area contributed by atoms with Crippen molar-refractivity contribution in [2.45, 2.75) is 25.4 Å². The number of nitriles is 1. The van der Waals surface area contributed by atoms with Crippen LogP contribution in [0.4, 0.5) is 11.6 Å². The van der Waals surface area contributed by atoms with Gasteiger partial charge in [0.15, 0.2) is 0 Å². The first-order valence-corrected chi connectivity index (χ1v) is 8.26. The molecule has 0 bridgehead atoms. The van der Waals surface area contributed by atoms with E-state index in [4.69, 9.17) is 5.26 Å². The van der Waals surface area contributed by atoms with E-state index in [-0.39, 0.29) is 0 Å². The summed E-state index contributed by atoms with van der Waals surface area (Å²) in [7, 11) is 1.87. The van der Waals surface area contributed by atoms with Crippen molar-refractivity contribution in [2.24, 2.45) is 0 Å². The topological polar surface area (TPSA) is 76.9 Å². The van der Waals surface area contributed by atoms with Gasteiger partial charge in [-0.3, -0.25) is 0 Å². The standard InChI is InChI=1S/C18H22N6/c1-20-17-9-18(23-13-22-17)24-7-3-6-16(24)12-21-11-15-5-2-4-14(8-15)10-19/h2,4-5,8-9,13,16,21H,3,6-7,11-12H2,1H3,(H,20,22,23)/t16-/m0/s1. The predicted octanol–water partition coefficient (Wildman–Crippen LogP) is 2.15. The quantitative estimate of drug-likeness (QED) is 0.848. The molecule has 1 fully saturated rings. The van der Waals surface area contributed by atoms with Gasteiger partial charge in [0.1, 0.15) is 18.0 Å². The molecule has 6 nitrogen and oxygen atoms in total. The maximum Gasteiger partial charge on any atom is 0.134 e. The van der Waals surface area contributed by atoms with Crippen LogP contribution in [0.3, 0.4) is 0 Å². The van der Waals surface area contributed by atoms with Crippen LogP contribution in [0.25, 0.3) is 0 Å². The average Bonchev–Trinajstić information content (AvgIpc) is 3.10. The minimum Gasteiger partial charge on any atom is -0.373 e. The summed E-state index contributed by atoms with van der Waals surface area (Å²) in [5.41, 5.74) is 1.84. The van der Waals surface area contributed by atoms with Gasteiger partial charge in [0, 0.05) is 38.8 Å². The monoisotopic (exact) mass is 322 g/mol. The maximum absolute atomic E-state index is 8.97. The second-order valence-electron chi connectivity index (χ2n) is 5.94. The van der Waals surface area contributed by atoms with Gasteiger partial charge in [-0.15, -0.1) is 0 Å². The minimum absolute atomic E-state index is 0.434. The lowest BCUT2D eigenvalue weighted by Crippen LogP contribution is -2.38. The van der Waals surface area contributed by atoms with E-state index in [1.807, 2.05) is 37.4 Å². The van der Waals surface area contributed by atoms with E-state index in [1.54, 1.807) is 6.33 Å². The molecule has 2 N–H and O–H groups in total. The largest absolute Gasteiger partial charge is 0.373 e. The van der Waals surface area contributed by atoms with Crippen LogP contribution in [0, 0.1) is 11.3 Å². The molecule has 3 rings (SSSR count). The van der Waals surface area contributed by atoms with E-state index in [1.165, 1.54) is 6.42 Å². The molecule has 1 saturated heterocycles. The second kappa shape index (κ2) is 7.75. The van der Waals surface area contributed by atoms with Crippen molar-refractivity contribution in [3.05, 3.63) is 47.8 Å². The fraction of sp³-hybridized carbons (Fsp3) is 0.389. The first-order valence-electron chi connectivity index (χ1n) is 8.26. The number of nitrogens with zero attached hydrogens (tertiary/aromatic N) is 4. The van der Waals surface area contributed by atoms with Crippen molar-refractivity contribution >= 4 is 11.6 Å². The summed E-state index contributed by atoms with van der Waals surface area (Å²) in [6.45, 7) is 2.69. The van der Waals surface area contributed by atoms with E-state index < -0.39 is 0 Å². The smallest absolute Gasteiger partial charge is 0.134 e. The lowest BCUT2D eigenvalue weighted by atomic mass is 10.1. The molecule has 0 spiro atoms. The maximum atomic E-state index is 8.97. The van der Waals surface area contributed by atoms with E-state index in [9.17, 15) is 0 Å². The van der Waals surface area contributed by atoms with Crippen molar-refractivity contribution in [3.63, 3.8) is 0 Å². The highest BCUT2D eigenvalue weighted by molar-refractivity contribution is 5.49. The van der Waals surface area contributed by atoms with Crippen molar-refractivity contribution in [1.29, 1.82) is 5.26 Å². The fourth-order valence-electron chi connectivity index (χ4n) is 3.12. The molecular weight excluding hydrogens is 300 g/mol. The minimum atomic E-state index is 0.434. The molecule has 0 amide bonds. The summed E-state index contributed by atoms with van der Waals surface area (Å²) >= 11 is 0. The zero-order valence-electron chi connectivity index (χ0n) is 13.9. The SMILES string of the molecule is CNc1cc(N2CCC[C@H]2CNCc2cccc(C#N)c2)ncn1. The van der Waals surface area contributed by atoms with Crippen molar-refractivity contribution in [2.75, 3.05) is 30.4 Å². The number of benzene rings is 1. The Morgan fingerprint density at radius 3 is 3.08 bits per heavy atom. The molecule has 1 aliphatic heterocycles. The number of hydrogen-bond donors (Lipinski definition) is 2. The molecule has 0 unspecified atom stereocenters. The van der Waals surface area contributed by atoms with Crippen LogP contribution in [0.15, 0.2) is 36.7 Å². The predicted molar refractivity (Wildman–Crippen MR) is 94.8 cm³/mol. The molecule has 6 heteroatoms. The lowest BCUT2D eigenvalue weighted by molar-refractivity contribution is 0.570. The molecule has 0 radical (unpaired) electrons. The first-order chi connectivity index (χ1) is 11.8. The number of anilines is 2. The highest BCUT2D eigenvalue weighted by Crippen LogP contribution is 2.24. The molecule has 1 aromatic carbocycles. The molecule has 1 aromatic heterocycles. The highest BCUT2D eigenvalue weighted by atomic mass is 15.2. The number of rotatable bonds is 6. The molecule has 24 heavy (non-hydrogen) atoms. The van der Waals surface area contributed by atoms with Gasteiger partial charge in [-0.25, -0.2) is 9.97 Å². The molecule has 0 aliphatic carbocycles. The molecule has 124 valence electrons. The summed E-state index contributed by atoms with van der Waals surface area (Å²) in [6.07, 6.45) is 3.94. The Hall–Kier alpha value is -2.65. The van der Waals surface area contributed by atoms with Gasteiger partial charge in [-0.2, -0.15) is 5.26 Å². The van der Waals surface area contributed by atoms with Crippen molar-refractivity contribution < 1.29 is 0 Å². The van der Waals surface area contributed by atoms with Gasteiger partial charge in [-0.05, 0) is 30.5 Å². The van der Waals surface area contributed by atoms with Crippen LogP contribution in [0.5, 0.6) is 0 Å². The van der Waals surface area contributed by atoms with Crippen LogP contribution in [-0.4, -0.2) is 36.1 Å². The Labute approximate surface area is 142 Å². The van der Waals surface area contributed by atoms with E-state index in [2.05, 4.69) is 31.6 Å². The lowest BCUT2D eigenvalue weighted by Gasteiger charge is -2.26. The van der Waals surface area contributed by atoms with Gasteiger partial charge < -0.3 is 15.5 Å². The number of hydrogen-bond acceptors (Lipinski definition) is 6. The van der Waals surface area contributed by atoms with Crippen molar-refractivity contribution in [3.8, 4) is 6.07 Å². The Morgan fingerprint density at radius 2 is 2.25 bits per heavy atom. The molecule has 0 saturated carbocycles. The van der Waals surface area contributed by atoms with Gasteiger partial charge in [0.2, 0.25) is 0 Å². The second-order valence-corrected chi connectivity index (χ2v) is 5.94. The molecule has 2 aromatic rings. The highest BCUT2D eigenvalue weighted by Gasteiger charge is 2.25. The fourth-order valence-corrected chi connectivity index (χ4v) is 3.12. The first kappa shape index (κ1) is 16.2. The summed E-state index contributed by atoms with van der Waals surface area (Å²) in [4.78, 5) is 10.9. The van der Waals surface area contributed by atoms with Crippen LogP contribution < -0.4 is 15.5 Å². The van der Waals surface area contributed by atoms with Gasteiger partial charge in [0.05, 0.1) is 11.6 Å². The third-order valence-corrected chi connectivity index (χ3v) is 4.35. The summed E-state index contributed by atoms with van der Waals surface area (Å²) < 4.78 is 0. The van der Waals surface area contributed by atoms with Gasteiger partial charge >= 0.3 is 0 Å². The summed E-state index contributed by atoms with van der Waals surface area (Å²) in [5, 5.41) is 15.5. The Balaban J connectivity index is 1.59. The molecular formula is C18H22N6. The van der Waals surface area contributed by atoms with E-state index in [0.29, 0.717) is 11.6 Å². The summed E-state index contributed by atoms with van der Waals surface area (Å²) in [6, 6.07) is 12.3. The van der Waals surface area contributed by atoms with Gasteiger partial charge in [0.25, 0.3) is 0 Å². The van der Waals surface area contributed by atoms with Gasteiger partial charge in [-0.1, -0.05) is 12.1 Å². The zero-order valence-corrected chi connectivity index (χ0v) is 13.9. The molecule has 1 atom stereocenters. The molecule has 1 aliphatic rings. The third kappa shape index (κ3) is 3.81. The normalized spacial score (nSPS) is 16.8.